The van der Waals surface area contributed by atoms with Crippen molar-refractivity contribution < 1.29 is 13.6 Å². The van der Waals surface area contributed by atoms with E-state index >= 15 is 0 Å². The molecule has 24 heavy (non-hydrogen) atoms. The Labute approximate surface area is 140 Å². The zero-order chi connectivity index (χ0) is 17.1. The van der Waals surface area contributed by atoms with Crippen LogP contribution in [0, 0.1) is 11.6 Å². The van der Waals surface area contributed by atoms with E-state index in [0.717, 1.165) is 29.7 Å². The summed E-state index contributed by atoms with van der Waals surface area (Å²) in [7, 11) is 0. The highest BCUT2D eigenvalue weighted by Gasteiger charge is 2.25. The van der Waals surface area contributed by atoms with Crippen LogP contribution in [0.2, 0.25) is 0 Å². The highest BCUT2D eigenvalue weighted by Crippen LogP contribution is 2.29. The standard InChI is InChI=1S/C19H20F2N2O/c1-13-18-10-17(21)7-4-15(18)8-9-23(13)12-19(24)22-11-14-2-5-16(20)6-3-14/h2-7,10,13H,8-9,11-12H2,1H3,(H,22,24). The maximum atomic E-state index is 13.5. The quantitative estimate of drug-likeness (QED) is 0.934. The van der Waals surface area contributed by atoms with Crippen molar-refractivity contribution in [2.45, 2.75) is 25.9 Å². The Morgan fingerprint density at radius 3 is 2.62 bits per heavy atom. The molecule has 1 N–H and O–H groups in total. The third-order valence-electron chi connectivity index (χ3n) is 4.52. The van der Waals surface area contributed by atoms with Crippen LogP contribution in [0.1, 0.15) is 29.7 Å². The summed E-state index contributed by atoms with van der Waals surface area (Å²) in [6, 6.07) is 10.9. The summed E-state index contributed by atoms with van der Waals surface area (Å²) in [5.41, 5.74) is 2.95. The Balaban J connectivity index is 1.57. The normalized spacial score (nSPS) is 17.4. The summed E-state index contributed by atoms with van der Waals surface area (Å²) in [5, 5.41) is 2.84. The van der Waals surface area contributed by atoms with Crippen LogP contribution < -0.4 is 5.32 Å². The maximum Gasteiger partial charge on any atom is 0.234 e. The number of benzene rings is 2. The molecular weight excluding hydrogens is 310 g/mol. The van der Waals surface area contributed by atoms with Gasteiger partial charge in [0.1, 0.15) is 11.6 Å². The van der Waals surface area contributed by atoms with Gasteiger partial charge in [-0.3, -0.25) is 9.69 Å². The third kappa shape index (κ3) is 3.79. The van der Waals surface area contributed by atoms with Gasteiger partial charge in [-0.25, -0.2) is 8.78 Å². The van der Waals surface area contributed by atoms with E-state index in [4.69, 9.17) is 0 Å². The molecule has 3 rings (SSSR count). The number of fused-ring (bicyclic) bond motifs is 1. The van der Waals surface area contributed by atoms with Gasteiger partial charge < -0.3 is 5.32 Å². The molecule has 0 bridgehead atoms. The first-order chi connectivity index (χ1) is 11.5. The van der Waals surface area contributed by atoms with E-state index in [9.17, 15) is 13.6 Å². The summed E-state index contributed by atoms with van der Waals surface area (Å²) >= 11 is 0. The topological polar surface area (TPSA) is 32.3 Å². The van der Waals surface area contributed by atoms with Gasteiger partial charge >= 0.3 is 0 Å². The number of rotatable bonds is 4. The molecular formula is C19H20F2N2O. The highest BCUT2D eigenvalue weighted by atomic mass is 19.1. The molecule has 0 fully saturated rings. The van der Waals surface area contributed by atoms with E-state index in [2.05, 4.69) is 5.32 Å². The van der Waals surface area contributed by atoms with Crippen molar-refractivity contribution in [1.29, 1.82) is 0 Å². The van der Waals surface area contributed by atoms with Crippen LogP contribution in [0.5, 0.6) is 0 Å². The molecule has 1 atom stereocenters. The van der Waals surface area contributed by atoms with Crippen molar-refractivity contribution in [3.05, 3.63) is 70.8 Å². The predicted molar refractivity (Wildman–Crippen MR) is 88.3 cm³/mol. The molecule has 0 saturated carbocycles. The lowest BCUT2D eigenvalue weighted by Gasteiger charge is -2.34. The minimum atomic E-state index is -0.293. The summed E-state index contributed by atoms with van der Waals surface area (Å²) in [5.74, 6) is -0.632. The number of nitrogens with one attached hydrogen (secondary N) is 1. The fourth-order valence-corrected chi connectivity index (χ4v) is 3.10. The monoisotopic (exact) mass is 330 g/mol. The van der Waals surface area contributed by atoms with Gasteiger partial charge in [-0.2, -0.15) is 0 Å². The number of hydrogen-bond acceptors (Lipinski definition) is 2. The molecule has 1 unspecified atom stereocenters. The van der Waals surface area contributed by atoms with Crippen molar-refractivity contribution >= 4 is 5.91 Å². The summed E-state index contributed by atoms with van der Waals surface area (Å²) < 4.78 is 26.3. The van der Waals surface area contributed by atoms with E-state index in [1.165, 1.54) is 18.2 Å². The smallest absolute Gasteiger partial charge is 0.234 e. The van der Waals surface area contributed by atoms with E-state index in [-0.39, 0.29) is 30.1 Å². The number of carbonyl (C=O) groups excluding carboxylic acids is 1. The van der Waals surface area contributed by atoms with E-state index in [0.29, 0.717) is 6.54 Å². The van der Waals surface area contributed by atoms with Crippen molar-refractivity contribution in [2.75, 3.05) is 13.1 Å². The first-order valence-electron chi connectivity index (χ1n) is 8.06. The molecule has 1 amide bonds. The summed E-state index contributed by atoms with van der Waals surface area (Å²) in [4.78, 5) is 14.2. The van der Waals surface area contributed by atoms with Gasteiger partial charge in [0, 0.05) is 19.1 Å². The minimum Gasteiger partial charge on any atom is -0.351 e. The Morgan fingerprint density at radius 1 is 1.17 bits per heavy atom. The van der Waals surface area contributed by atoms with Crippen molar-refractivity contribution in [3.8, 4) is 0 Å². The van der Waals surface area contributed by atoms with Gasteiger partial charge in [0.25, 0.3) is 0 Å². The highest BCUT2D eigenvalue weighted by molar-refractivity contribution is 5.78. The Morgan fingerprint density at radius 2 is 1.88 bits per heavy atom. The predicted octanol–water partition coefficient (Wildman–Crippen LogP) is 3.20. The molecule has 3 nitrogen and oxygen atoms in total. The van der Waals surface area contributed by atoms with Gasteiger partial charge in [0.2, 0.25) is 5.91 Å². The van der Waals surface area contributed by atoms with Crippen LogP contribution in [-0.2, 0) is 17.8 Å². The lowest BCUT2D eigenvalue weighted by Crippen LogP contribution is -2.41. The fraction of sp³-hybridized carbons (Fsp3) is 0.316. The average Bonchev–Trinajstić information content (AvgIpc) is 2.57. The Kier molecular flexibility index (Phi) is 4.90. The molecule has 1 aliphatic heterocycles. The van der Waals surface area contributed by atoms with Gasteiger partial charge in [-0.1, -0.05) is 18.2 Å². The number of hydrogen-bond donors (Lipinski definition) is 1. The second-order valence-corrected chi connectivity index (χ2v) is 6.14. The first kappa shape index (κ1) is 16.6. The number of amides is 1. The molecule has 0 aromatic heterocycles. The number of halogens is 2. The molecule has 126 valence electrons. The van der Waals surface area contributed by atoms with Gasteiger partial charge in [-0.15, -0.1) is 0 Å². The molecule has 2 aromatic rings. The zero-order valence-corrected chi connectivity index (χ0v) is 13.6. The van der Waals surface area contributed by atoms with Crippen LogP contribution in [0.25, 0.3) is 0 Å². The SMILES string of the molecule is CC1c2cc(F)ccc2CCN1CC(=O)NCc1ccc(F)cc1. The minimum absolute atomic E-state index is 0.000946. The molecule has 0 spiro atoms. The number of carbonyl (C=O) groups is 1. The molecule has 5 heteroatoms. The van der Waals surface area contributed by atoms with Crippen LogP contribution in [0.4, 0.5) is 8.78 Å². The lowest BCUT2D eigenvalue weighted by atomic mass is 9.93. The van der Waals surface area contributed by atoms with Crippen molar-refractivity contribution in [1.82, 2.24) is 10.2 Å². The fourth-order valence-electron chi connectivity index (χ4n) is 3.10. The number of nitrogens with zero attached hydrogens (tertiary/aromatic N) is 1. The molecule has 0 radical (unpaired) electrons. The second-order valence-electron chi connectivity index (χ2n) is 6.14. The zero-order valence-electron chi connectivity index (χ0n) is 13.6. The van der Waals surface area contributed by atoms with E-state index < -0.39 is 0 Å². The summed E-state index contributed by atoms with van der Waals surface area (Å²) in [6.07, 6.45) is 0.811. The molecule has 1 aliphatic rings. The van der Waals surface area contributed by atoms with Crippen LogP contribution in [-0.4, -0.2) is 23.9 Å². The molecule has 0 saturated heterocycles. The van der Waals surface area contributed by atoms with Crippen LogP contribution >= 0.6 is 0 Å². The average molecular weight is 330 g/mol. The largest absolute Gasteiger partial charge is 0.351 e. The van der Waals surface area contributed by atoms with Crippen molar-refractivity contribution in [3.63, 3.8) is 0 Å². The first-order valence-corrected chi connectivity index (χ1v) is 8.06. The van der Waals surface area contributed by atoms with E-state index in [1.807, 2.05) is 17.9 Å². The van der Waals surface area contributed by atoms with Crippen LogP contribution in [0.15, 0.2) is 42.5 Å². The second kappa shape index (κ2) is 7.09. The van der Waals surface area contributed by atoms with Gasteiger partial charge in [-0.05, 0) is 54.3 Å². The molecule has 1 heterocycles. The third-order valence-corrected chi connectivity index (χ3v) is 4.52. The maximum absolute atomic E-state index is 13.5. The molecule has 2 aromatic carbocycles. The lowest BCUT2D eigenvalue weighted by molar-refractivity contribution is -0.123. The van der Waals surface area contributed by atoms with Gasteiger partial charge in [0.15, 0.2) is 0 Å². The van der Waals surface area contributed by atoms with Gasteiger partial charge in [0.05, 0.1) is 6.54 Å². The summed E-state index contributed by atoms with van der Waals surface area (Å²) in [6.45, 7) is 3.39. The molecule has 0 aliphatic carbocycles. The Bertz CT molecular complexity index is 731. The van der Waals surface area contributed by atoms with Crippen LogP contribution in [0.3, 0.4) is 0 Å². The van der Waals surface area contributed by atoms with Crippen molar-refractivity contribution in [2.24, 2.45) is 0 Å². The van der Waals surface area contributed by atoms with E-state index in [1.54, 1.807) is 18.2 Å². The Hall–Kier alpha value is -2.27.